The number of fused-ring (bicyclic) bond motifs is 1. The van der Waals surface area contributed by atoms with E-state index in [9.17, 15) is 18.0 Å². The Bertz CT molecular complexity index is 1240. The van der Waals surface area contributed by atoms with Crippen molar-refractivity contribution < 1.29 is 22.7 Å². The average Bonchev–Trinajstić information content (AvgIpc) is 3.05. The van der Waals surface area contributed by atoms with Gasteiger partial charge in [-0.3, -0.25) is 19.5 Å². The number of imide groups is 1. The van der Waals surface area contributed by atoms with Gasteiger partial charge in [-0.15, -0.1) is 0 Å². The Morgan fingerprint density at radius 3 is 2.47 bits per heavy atom. The zero-order valence-corrected chi connectivity index (χ0v) is 18.1. The number of benzene rings is 2. The third-order valence-corrected chi connectivity index (χ3v) is 6.62. The van der Waals surface area contributed by atoms with E-state index in [1.165, 1.54) is 25.4 Å². The summed E-state index contributed by atoms with van der Waals surface area (Å²) >= 11 is 0. The Labute approximate surface area is 185 Å². The van der Waals surface area contributed by atoms with Crippen LogP contribution >= 0.6 is 0 Å². The van der Waals surface area contributed by atoms with Gasteiger partial charge in [0.2, 0.25) is 10.0 Å². The molecule has 0 saturated heterocycles. The van der Waals surface area contributed by atoms with Crippen LogP contribution in [-0.4, -0.2) is 43.8 Å². The van der Waals surface area contributed by atoms with Crippen LogP contribution in [0, 0.1) is 0 Å². The van der Waals surface area contributed by atoms with Crippen molar-refractivity contribution in [1.82, 2.24) is 14.6 Å². The first-order valence-corrected chi connectivity index (χ1v) is 11.4. The Morgan fingerprint density at radius 2 is 1.75 bits per heavy atom. The smallest absolute Gasteiger partial charge is 0.280 e. The fraction of sp³-hybridized carbons (Fsp3) is 0.174. The van der Waals surface area contributed by atoms with Crippen LogP contribution in [0.25, 0.3) is 0 Å². The van der Waals surface area contributed by atoms with Crippen molar-refractivity contribution in [2.24, 2.45) is 0 Å². The summed E-state index contributed by atoms with van der Waals surface area (Å²) in [5, 5.41) is 0. The molecule has 0 radical (unpaired) electrons. The fourth-order valence-corrected chi connectivity index (χ4v) is 4.77. The molecule has 2 amide bonds. The van der Waals surface area contributed by atoms with Crippen LogP contribution in [0.15, 0.2) is 71.8 Å². The van der Waals surface area contributed by atoms with E-state index in [1.807, 2.05) is 30.3 Å². The number of nitrogens with one attached hydrogen (secondary N) is 1. The van der Waals surface area contributed by atoms with Crippen LogP contribution < -0.4 is 9.46 Å². The maximum absolute atomic E-state index is 13.0. The molecule has 2 heterocycles. The molecule has 1 N–H and O–H groups in total. The lowest BCUT2D eigenvalue weighted by Crippen LogP contribution is -2.30. The largest absolute Gasteiger partial charge is 0.495 e. The van der Waals surface area contributed by atoms with Crippen molar-refractivity contribution in [3.8, 4) is 5.75 Å². The van der Waals surface area contributed by atoms with Gasteiger partial charge in [-0.25, -0.2) is 13.1 Å². The topological polar surface area (TPSA) is 106 Å². The van der Waals surface area contributed by atoms with E-state index in [2.05, 4.69) is 9.71 Å². The van der Waals surface area contributed by atoms with Crippen LogP contribution in [-0.2, 0) is 23.0 Å². The van der Waals surface area contributed by atoms with Gasteiger partial charge in [0, 0.05) is 12.7 Å². The van der Waals surface area contributed by atoms with E-state index >= 15 is 0 Å². The van der Waals surface area contributed by atoms with Gasteiger partial charge in [-0.1, -0.05) is 36.4 Å². The molecule has 164 valence electrons. The molecule has 8 nitrogen and oxygen atoms in total. The van der Waals surface area contributed by atoms with Crippen LogP contribution in [0.5, 0.6) is 5.75 Å². The standard InChI is InChI=1S/C23H21N3O5S/c1-31-19-10-9-17(15-26-22(27)18-8-5-12-24-21(18)23(26)28)14-20(19)32(29,30)25-13-11-16-6-3-2-4-7-16/h2-10,12,14,25H,11,13,15H2,1H3. The molecule has 1 aliphatic heterocycles. The molecule has 2 aromatic carbocycles. The van der Waals surface area contributed by atoms with Crippen molar-refractivity contribution in [3.05, 3.63) is 89.2 Å². The summed E-state index contributed by atoms with van der Waals surface area (Å²) in [5.41, 5.74) is 1.82. The maximum Gasteiger partial charge on any atom is 0.280 e. The second kappa shape index (κ2) is 8.89. The SMILES string of the molecule is COc1ccc(CN2C(=O)c3cccnc3C2=O)cc1S(=O)(=O)NCCc1ccccc1. The summed E-state index contributed by atoms with van der Waals surface area (Å²) in [7, 11) is -2.50. The van der Waals surface area contributed by atoms with Crippen molar-refractivity contribution in [1.29, 1.82) is 0 Å². The Hall–Kier alpha value is -3.56. The monoisotopic (exact) mass is 451 g/mol. The number of aromatic nitrogens is 1. The lowest BCUT2D eigenvalue weighted by atomic mass is 10.2. The van der Waals surface area contributed by atoms with Crippen LogP contribution in [0.3, 0.4) is 0 Å². The van der Waals surface area contributed by atoms with Crippen molar-refractivity contribution >= 4 is 21.8 Å². The summed E-state index contributed by atoms with van der Waals surface area (Å²) < 4.78 is 33.7. The third kappa shape index (κ3) is 4.25. The van der Waals surface area contributed by atoms with Gasteiger partial charge in [0.1, 0.15) is 16.3 Å². The van der Waals surface area contributed by atoms with Gasteiger partial charge in [0.15, 0.2) is 0 Å². The number of sulfonamides is 1. The van der Waals surface area contributed by atoms with Gasteiger partial charge < -0.3 is 4.74 Å². The number of hydrogen-bond donors (Lipinski definition) is 1. The zero-order valence-electron chi connectivity index (χ0n) is 17.3. The van der Waals surface area contributed by atoms with Crippen LogP contribution in [0.2, 0.25) is 0 Å². The number of hydrogen-bond acceptors (Lipinski definition) is 6. The quantitative estimate of drug-likeness (QED) is 0.527. The molecular weight excluding hydrogens is 430 g/mol. The number of pyridine rings is 1. The van der Waals surface area contributed by atoms with Crippen LogP contribution in [0.1, 0.15) is 32.0 Å². The van der Waals surface area contributed by atoms with Crippen molar-refractivity contribution in [2.75, 3.05) is 13.7 Å². The molecule has 4 rings (SSSR count). The molecule has 0 spiro atoms. The second-order valence-electron chi connectivity index (χ2n) is 7.21. The molecule has 3 aromatic rings. The molecular formula is C23H21N3O5S. The predicted molar refractivity (Wildman–Crippen MR) is 117 cm³/mol. The number of carbonyl (C=O) groups is 2. The highest BCUT2D eigenvalue weighted by molar-refractivity contribution is 7.89. The Balaban J connectivity index is 1.54. The minimum absolute atomic E-state index is 0.0553. The van der Waals surface area contributed by atoms with Crippen molar-refractivity contribution in [2.45, 2.75) is 17.9 Å². The van der Waals surface area contributed by atoms with E-state index in [-0.39, 0.29) is 35.0 Å². The minimum atomic E-state index is -3.89. The maximum atomic E-state index is 13.0. The van der Waals surface area contributed by atoms with Gasteiger partial charge in [-0.2, -0.15) is 0 Å². The molecule has 0 unspecified atom stereocenters. The predicted octanol–water partition coefficient (Wildman–Crippen LogP) is 2.41. The molecule has 1 aromatic heterocycles. The Kier molecular flexibility index (Phi) is 6.02. The third-order valence-electron chi connectivity index (χ3n) is 5.14. The second-order valence-corrected chi connectivity index (χ2v) is 8.95. The Morgan fingerprint density at radius 1 is 0.969 bits per heavy atom. The number of ether oxygens (including phenoxy) is 1. The first-order valence-electron chi connectivity index (χ1n) is 9.92. The van der Waals surface area contributed by atoms with Crippen LogP contribution in [0.4, 0.5) is 0 Å². The highest BCUT2D eigenvalue weighted by Crippen LogP contribution is 2.28. The van der Waals surface area contributed by atoms with Gasteiger partial charge >= 0.3 is 0 Å². The highest BCUT2D eigenvalue weighted by atomic mass is 32.2. The minimum Gasteiger partial charge on any atom is -0.495 e. The first kappa shape index (κ1) is 21.7. The molecule has 0 bridgehead atoms. The van der Waals surface area contributed by atoms with Crippen molar-refractivity contribution in [3.63, 3.8) is 0 Å². The molecule has 1 aliphatic rings. The molecule has 9 heteroatoms. The molecule has 0 fully saturated rings. The summed E-state index contributed by atoms with van der Waals surface area (Å²) in [4.78, 5) is 30.2. The molecule has 0 atom stereocenters. The summed E-state index contributed by atoms with van der Waals surface area (Å²) in [6, 6.07) is 17.2. The number of rotatable bonds is 8. The van der Waals surface area contributed by atoms with E-state index in [0.717, 1.165) is 10.5 Å². The summed E-state index contributed by atoms with van der Waals surface area (Å²) in [6.45, 7) is 0.133. The zero-order chi connectivity index (χ0) is 22.7. The number of carbonyl (C=O) groups excluding carboxylic acids is 2. The van der Waals surface area contributed by atoms with E-state index in [1.54, 1.807) is 18.2 Å². The molecule has 32 heavy (non-hydrogen) atoms. The van der Waals surface area contributed by atoms with E-state index < -0.39 is 21.8 Å². The number of methoxy groups -OCH3 is 1. The summed E-state index contributed by atoms with van der Waals surface area (Å²) in [6.07, 6.45) is 1.98. The molecule has 0 saturated carbocycles. The lowest BCUT2D eigenvalue weighted by Gasteiger charge is -2.16. The average molecular weight is 452 g/mol. The lowest BCUT2D eigenvalue weighted by molar-refractivity contribution is 0.0640. The van der Waals surface area contributed by atoms with E-state index in [4.69, 9.17) is 4.74 Å². The van der Waals surface area contributed by atoms with Gasteiger partial charge in [0.25, 0.3) is 11.8 Å². The fourth-order valence-electron chi connectivity index (χ4n) is 3.52. The number of amides is 2. The van der Waals surface area contributed by atoms with Gasteiger partial charge in [-0.05, 0) is 41.8 Å². The van der Waals surface area contributed by atoms with E-state index in [0.29, 0.717) is 12.0 Å². The molecule has 0 aliphatic carbocycles. The summed E-state index contributed by atoms with van der Waals surface area (Å²) in [5.74, 6) is -0.795. The van der Waals surface area contributed by atoms with Gasteiger partial charge in [0.05, 0.1) is 19.2 Å². The first-order chi connectivity index (χ1) is 15.4. The normalized spacial score (nSPS) is 13.3. The number of nitrogens with zero attached hydrogens (tertiary/aromatic N) is 2. The highest BCUT2D eigenvalue weighted by Gasteiger charge is 2.36.